The van der Waals surface area contributed by atoms with Crippen molar-refractivity contribution < 1.29 is 9.84 Å². The smallest absolute Gasteiger partial charge is 0.137 e. The average Bonchev–Trinajstić information content (AvgIpc) is 3.55. The summed E-state index contributed by atoms with van der Waals surface area (Å²) in [5.41, 5.74) is 4.92. The molecule has 0 bridgehead atoms. The summed E-state index contributed by atoms with van der Waals surface area (Å²) in [6.45, 7) is 6.75. The van der Waals surface area contributed by atoms with Gasteiger partial charge in [0.2, 0.25) is 0 Å². The van der Waals surface area contributed by atoms with Gasteiger partial charge in [-0.3, -0.25) is 4.90 Å². The fourth-order valence-corrected chi connectivity index (χ4v) is 4.05. The monoisotopic (exact) mass is 468 g/mol. The van der Waals surface area contributed by atoms with Crippen LogP contribution < -0.4 is 0 Å². The van der Waals surface area contributed by atoms with E-state index in [1.54, 1.807) is 17.8 Å². The third kappa shape index (κ3) is 5.84. The van der Waals surface area contributed by atoms with Gasteiger partial charge < -0.3 is 14.4 Å². The maximum absolute atomic E-state index is 9.83. The van der Waals surface area contributed by atoms with Crippen molar-refractivity contribution in [3.63, 3.8) is 0 Å². The normalized spacial score (nSPS) is 14.9. The fourth-order valence-electron chi connectivity index (χ4n) is 4.05. The number of ether oxygens (including phenoxy) is 1. The van der Waals surface area contributed by atoms with Gasteiger partial charge in [-0.2, -0.15) is 0 Å². The van der Waals surface area contributed by atoms with Crippen LogP contribution in [0.15, 0.2) is 67.1 Å². The van der Waals surface area contributed by atoms with Crippen molar-refractivity contribution in [3.05, 3.63) is 95.3 Å². The first-order valence-electron chi connectivity index (χ1n) is 11.8. The summed E-state index contributed by atoms with van der Waals surface area (Å²) in [6, 6.07) is 16.4. The highest BCUT2D eigenvalue weighted by molar-refractivity contribution is 5.46. The second kappa shape index (κ2) is 10.7. The summed E-state index contributed by atoms with van der Waals surface area (Å²) in [4.78, 5) is 6.60. The molecule has 35 heavy (non-hydrogen) atoms. The lowest BCUT2D eigenvalue weighted by Gasteiger charge is -2.26. The van der Waals surface area contributed by atoms with E-state index >= 15 is 0 Å². The molecule has 0 amide bonds. The third-order valence-electron chi connectivity index (χ3n) is 5.94. The van der Waals surface area contributed by atoms with E-state index in [1.807, 2.05) is 41.2 Å². The number of aliphatic hydroxyl groups excluding tert-OH is 1. The van der Waals surface area contributed by atoms with E-state index in [0.717, 1.165) is 55.4 Å². The van der Waals surface area contributed by atoms with Crippen LogP contribution in [0.5, 0.6) is 0 Å². The molecule has 1 atom stereocenters. The Hall–Kier alpha value is -3.77. The topological polar surface area (TPSA) is 81.2 Å². The van der Waals surface area contributed by atoms with Gasteiger partial charge in [0.25, 0.3) is 0 Å². The average molecular weight is 469 g/mol. The predicted octanol–water partition coefficient (Wildman–Crippen LogP) is 2.80. The Bertz CT molecular complexity index is 1310. The maximum atomic E-state index is 9.83. The maximum Gasteiger partial charge on any atom is 0.137 e. The molecule has 0 spiro atoms. The van der Waals surface area contributed by atoms with E-state index in [9.17, 15) is 5.11 Å². The number of morpholine rings is 1. The Morgan fingerprint density at radius 3 is 2.34 bits per heavy atom. The molecule has 2 aromatic heterocycles. The van der Waals surface area contributed by atoms with Crippen molar-refractivity contribution >= 4 is 0 Å². The van der Waals surface area contributed by atoms with Crippen LogP contribution in [0.4, 0.5) is 0 Å². The van der Waals surface area contributed by atoms with Crippen LogP contribution in [0, 0.1) is 11.8 Å². The van der Waals surface area contributed by atoms with Crippen molar-refractivity contribution in [2.45, 2.75) is 26.1 Å². The van der Waals surface area contributed by atoms with Crippen LogP contribution in [0.2, 0.25) is 0 Å². The molecule has 0 aliphatic carbocycles. The first-order valence-corrected chi connectivity index (χ1v) is 11.8. The van der Waals surface area contributed by atoms with Crippen molar-refractivity contribution in [1.29, 1.82) is 0 Å². The molecule has 1 saturated heterocycles. The highest BCUT2D eigenvalue weighted by atomic mass is 16.5. The van der Waals surface area contributed by atoms with Crippen molar-refractivity contribution in [2.75, 3.05) is 26.3 Å². The molecule has 8 nitrogen and oxygen atoms in total. The summed E-state index contributed by atoms with van der Waals surface area (Å²) in [7, 11) is 0. The van der Waals surface area contributed by atoms with Crippen LogP contribution >= 0.6 is 0 Å². The zero-order chi connectivity index (χ0) is 24.0. The summed E-state index contributed by atoms with van der Waals surface area (Å²) in [6.07, 6.45) is 4.74. The molecule has 1 aliphatic heterocycles. The van der Waals surface area contributed by atoms with Gasteiger partial charge >= 0.3 is 0 Å². The molecule has 3 heterocycles. The molecule has 1 fully saturated rings. The first kappa shape index (κ1) is 23.0. The van der Waals surface area contributed by atoms with Gasteiger partial charge in [0.1, 0.15) is 17.6 Å². The zero-order valence-corrected chi connectivity index (χ0v) is 19.7. The molecule has 4 aromatic rings. The molecule has 5 rings (SSSR count). The van der Waals surface area contributed by atoms with Crippen LogP contribution in [-0.4, -0.2) is 60.9 Å². The second-order valence-corrected chi connectivity index (χ2v) is 8.63. The van der Waals surface area contributed by atoms with Gasteiger partial charge in [0.15, 0.2) is 0 Å². The van der Waals surface area contributed by atoms with Gasteiger partial charge in [0, 0.05) is 43.2 Å². The van der Waals surface area contributed by atoms with Gasteiger partial charge in [0.05, 0.1) is 31.6 Å². The highest BCUT2D eigenvalue weighted by Gasteiger charge is 2.12. The number of nitrogens with zero attached hydrogens (tertiary/aromatic N) is 6. The minimum Gasteiger partial charge on any atom is -0.385 e. The van der Waals surface area contributed by atoms with Crippen molar-refractivity contribution in [1.82, 2.24) is 29.4 Å². The van der Waals surface area contributed by atoms with E-state index in [1.165, 1.54) is 5.56 Å². The molecule has 1 aliphatic rings. The van der Waals surface area contributed by atoms with Crippen LogP contribution in [0.3, 0.4) is 0 Å². The molecule has 0 unspecified atom stereocenters. The molecule has 8 heteroatoms. The third-order valence-corrected chi connectivity index (χ3v) is 5.94. The molecular weight excluding hydrogens is 440 g/mol. The molecule has 2 aromatic carbocycles. The number of hydrogen-bond acceptors (Lipinski definition) is 6. The number of imidazole rings is 1. The van der Waals surface area contributed by atoms with Crippen molar-refractivity contribution in [2.24, 2.45) is 0 Å². The largest absolute Gasteiger partial charge is 0.385 e. The Balaban J connectivity index is 1.20. The van der Waals surface area contributed by atoms with Crippen LogP contribution in [0.1, 0.15) is 41.2 Å². The van der Waals surface area contributed by atoms with E-state index in [2.05, 4.69) is 56.3 Å². The Kier molecular flexibility index (Phi) is 7.00. The minimum absolute atomic E-state index is 0.495. The Morgan fingerprint density at radius 2 is 1.66 bits per heavy atom. The zero-order valence-electron chi connectivity index (χ0n) is 19.7. The van der Waals surface area contributed by atoms with Gasteiger partial charge in [-0.1, -0.05) is 29.2 Å². The quantitative estimate of drug-likeness (QED) is 0.439. The van der Waals surface area contributed by atoms with Crippen molar-refractivity contribution in [3.8, 4) is 17.5 Å². The van der Waals surface area contributed by atoms with Gasteiger partial charge in [-0.15, -0.1) is 5.10 Å². The first-order chi connectivity index (χ1) is 17.1. The SMILES string of the molecule is C[C@H](O)c1nccn1Cc1cn(-c2ccc(C#Cc3ccc(CN4CCOCC4)cc3)cc2)nn1. The lowest BCUT2D eigenvalue weighted by molar-refractivity contribution is 0.0342. The number of hydrogen-bond donors (Lipinski definition) is 1. The molecule has 0 radical (unpaired) electrons. The summed E-state index contributed by atoms with van der Waals surface area (Å²) >= 11 is 0. The standard InChI is InChI=1S/C27H28N6O2/c1-21(34)27-28-12-13-32(27)19-25-20-33(30-29-25)26-10-8-23(9-11-26)3-2-22-4-6-24(7-5-22)18-31-14-16-35-17-15-31/h4-13,20-21,34H,14-19H2,1H3/t21-/m0/s1. The van der Waals surface area contributed by atoms with E-state index in [4.69, 9.17) is 4.74 Å². The van der Waals surface area contributed by atoms with Gasteiger partial charge in [-0.25, -0.2) is 9.67 Å². The summed E-state index contributed by atoms with van der Waals surface area (Å²) in [5.74, 6) is 7.09. The number of rotatable bonds is 6. The summed E-state index contributed by atoms with van der Waals surface area (Å²) < 4.78 is 9.02. The van der Waals surface area contributed by atoms with Crippen LogP contribution in [-0.2, 0) is 17.8 Å². The van der Waals surface area contributed by atoms with Crippen LogP contribution in [0.25, 0.3) is 5.69 Å². The van der Waals surface area contributed by atoms with E-state index in [0.29, 0.717) is 12.4 Å². The molecular formula is C27H28N6O2. The van der Waals surface area contributed by atoms with Gasteiger partial charge in [-0.05, 0) is 48.9 Å². The summed E-state index contributed by atoms with van der Waals surface area (Å²) in [5, 5.41) is 18.3. The van der Waals surface area contributed by atoms with E-state index in [-0.39, 0.29) is 0 Å². The number of aromatic nitrogens is 5. The highest BCUT2D eigenvalue weighted by Crippen LogP contribution is 2.13. The Labute approximate surface area is 204 Å². The number of benzene rings is 2. The fraction of sp³-hybridized carbons (Fsp3) is 0.296. The molecule has 0 saturated carbocycles. The Morgan fingerprint density at radius 1 is 0.971 bits per heavy atom. The number of aliphatic hydroxyl groups is 1. The van der Waals surface area contributed by atoms with E-state index < -0.39 is 6.10 Å². The lowest BCUT2D eigenvalue weighted by Crippen LogP contribution is -2.35. The minimum atomic E-state index is -0.637. The molecule has 1 N–H and O–H groups in total. The molecule has 178 valence electrons. The second-order valence-electron chi connectivity index (χ2n) is 8.63. The lowest BCUT2D eigenvalue weighted by atomic mass is 10.1. The predicted molar refractivity (Wildman–Crippen MR) is 132 cm³/mol.